The molecule has 0 atom stereocenters. The molecule has 0 radical (unpaired) electrons. The molecule has 0 aliphatic heterocycles. The Morgan fingerprint density at radius 2 is 1.52 bits per heavy atom. The van der Waals surface area contributed by atoms with E-state index in [1.165, 1.54) is 5.56 Å². The zero-order valence-corrected chi connectivity index (χ0v) is 17.1. The summed E-state index contributed by atoms with van der Waals surface area (Å²) in [5.74, 6) is 0.409. The van der Waals surface area contributed by atoms with Gasteiger partial charge in [-0.2, -0.15) is 0 Å². The van der Waals surface area contributed by atoms with Crippen LogP contribution in [0.15, 0.2) is 12.1 Å². The molecule has 0 fully saturated rings. The van der Waals surface area contributed by atoms with Gasteiger partial charge in [-0.25, -0.2) is 9.80 Å². The van der Waals surface area contributed by atoms with Gasteiger partial charge in [0, 0.05) is 20.6 Å². The van der Waals surface area contributed by atoms with Gasteiger partial charge in [0.25, 0.3) is 0 Å². The summed E-state index contributed by atoms with van der Waals surface area (Å²) in [7, 11) is 3.55. The van der Waals surface area contributed by atoms with E-state index in [2.05, 4.69) is 64.4 Å². The molecule has 1 aromatic carbocycles. The van der Waals surface area contributed by atoms with Crippen molar-refractivity contribution in [3.63, 3.8) is 0 Å². The molecule has 25 heavy (non-hydrogen) atoms. The minimum absolute atomic E-state index is 0.121. The van der Waals surface area contributed by atoms with Crippen molar-refractivity contribution in [2.45, 2.75) is 65.2 Å². The van der Waals surface area contributed by atoms with Crippen LogP contribution in [-0.2, 0) is 17.3 Å². The Morgan fingerprint density at radius 1 is 1.04 bits per heavy atom. The van der Waals surface area contributed by atoms with Crippen LogP contribution in [0.2, 0.25) is 0 Å². The summed E-state index contributed by atoms with van der Waals surface area (Å²) >= 11 is 0. The number of hydrogen-bond acceptors (Lipinski definition) is 3. The van der Waals surface area contributed by atoms with Crippen LogP contribution < -0.4 is 10.7 Å². The molecule has 0 bridgehead atoms. The highest BCUT2D eigenvalue weighted by atomic mass is 16.3. The van der Waals surface area contributed by atoms with Crippen LogP contribution in [0, 0.1) is 0 Å². The maximum absolute atomic E-state index is 11.6. The van der Waals surface area contributed by atoms with E-state index in [0.717, 1.165) is 24.0 Å². The first-order valence-electron chi connectivity index (χ1n) is 8.91. The molecule has 5 heteroatoms. The number of amides is 2. The molecule has 0 aromatic heterocycles. The number of benzene rings is 1. The normalized spacial score (nSPS) is 12.4. The molecule has 0 aliphatic carbocycles. The number of phenols is 1. The van der Waals surface area contributed by atoms with Crippen LogP contribution in [-0.4, -0.2) is 36.8 Å². The summed E-state index contributed by atoms with van der Waals surface area (Å²) in [5.41, 5.74) is 5.57. The number of phenolic OH excluding ortho intramolecular Hbond substituents is 1. The highest BCUT2D eigenvalue weighted by Crippen LogP contribution is 2.39. The van der Waals surface area contributed by atoms with Gasteiger partial charge in [0.05, 0.1) is 0 Å². The second-order valence-electron chi connectivity index (χ2n) is 8.91. The van der Waals surface area contributed by atoms with Crippen LogP contribution in [0.5, 0.6) is 5.75 Å². The topological polar surface area (TPSA) is 64.6 Å². The SMILES string of the molecule is CN(C)NC(=O)NCCCc1cc(C(C)(C)C)c(O)c(C(C)(C)C)c1. The lowest BCUT2D eigenvalue weighted by Crippen LogP contribution is -2.43. The van der Waals surface area contributed by atoms with Crippen molar-refractivity contribution in [1.29, 1.82) is 0 Å². The summed E-state index contributed by atoms with van der Waals surface area (Å²) < 4.78 is 0. The molecule has 0 saturated heterocycles. The first kappa shape index (κ1) is 21.3. The number of carbonyl (C=O) groups excluding carboxylic acids is 1. The molecular weight excluding hydrogens is 314 g/mol. The summed E-state index contributed by atoms with van der Waals surface area (Å²) in [4.78, 5) is 11.6. The summed E-state index contributed by atoms with van der Waals surface area (Å²) in [6.45, 7) is 13.3. The fraction of sp³-hybridized carbons (Fsp3) is 0.650. The van der Waals surface area contributed by atoms with Gasteiger partial charge in [0.1, 0.15) is 5.75 Å². The zero-order chi connectivity index (χ0) is 19.4. The first-order chi connectivity index (χ1) is 11.3. The molecule has 2 amide bonds. The molecule has 1 rings (SSSR count). The quantitative estimate of drug-likeness (QED) is 0.561. The number of urea groups is 1. The van der Waals surface area contributed by atoms with E-state index < -0.39 is 0 Å². The number of nitrogens with one attached hydrogen (secondary N) is 2. The summed E-state index contributed by atoms with van der Waals surface area (Å²) in [6.07, 6.45) is 1.70. The second kappa shape index (κ2) is 8.09. The Morgan fingerprint density at radius 3 is 1.92 bits per heavy atom. The number of hydrazine groups is 1. The largest absolute Gasteiger partial charge is 0.507 e. The smallest absolute Gasteiger partial charge is 0.329 e. The predicted molar refractivity (Wildman–Crippen MR) is 104 cm³/mol. The van der Waals surface area contributed by atoms with Crippen molar-refractivity contribution in [2.24, 2.45) is 0 Å². The van der Waals surface area contributed by atoms with Crippen molar-refractivity contribution < 1.29 is 9.90 Å². The molecule has 0 unspecified atom stereocenters. The fourth-order valence-electron chi connectivity index (χ4n) is 2.72. The number of aromatic hydroxyl groups is 1. The van der Waals surface area contributed by atoms with E-state index in [0.29, 0.717) is 12.3 Å². The summed E-state index contributed by atoms with van der Waals surface area (Å²) in [5, 5.41) is 15.2. The van der Waals surface area contributed by atoms with Gasteiger partial charge in [0.15, 0.2) is 0 Å². The Bertz CT molecular complexity index is 561. The van der Waals surface area contributed by atoms with Gasteiger partial charge in [0.2, 0.25) is 0 Å². The van der Waals surface area contributed by atoms with Crippen molar-refractivity contribution >= 4 is 6.03 Å². The van der Waals surface area contributed by atoms with Crippen LogP contribution in [0.1, 0.15) is 64.7 Å². The maximum atomic E-state index is 11.6. The molecule has 142 valence electrons. The lowest BCUT2D eigenvalue weighted by Gasteiger charge is -2.28. The number of rotatable bonds is 5. The Kier molecular flexibility index (Phi) is 6.89. The van der Waals surface area contributed by atoms with Crippen LogP contribution in [0.3, 0.4) is 0 Å². The molecule has 3 N–H and O–H groups in total. The highest BCUT2D eigenvalue weighted by Gasteiger charge is 2.26. The third kappa shape index (κ3) is 6.58. The number of carbonyl (C=O) groups is 1. The van der Waals surface area contributed by atoms with Crippen LogP contribution >= 0.6 is 0 Å². The first-order valence-corrected chi connectivity index (χ1v) is 8.91. The monoisotopic (exact) mass is 349 g/mol. The number of hydrogen-bond donors (Lipinski definition) is 3. The minimum Gasteiger partial charge on any atom is -0.507 e. The molecule has 0 aliphatic rings. The van der Waals surface area contributed by atoms with Gasteiger partial charge in [-0.1, -0.05) is 53.7 Å². The summed E-state index contributed by atoms with van der Waals surface area (Å²) in [6, 6.07) is 4.01. The number of aryl methyl sites for hydroxylation is 1. The van der Waals surface area contributed by atoms with Gasteiger partial charge in [-0.15, -0.1) is 0 Å². The van der Waals surface area contributed by atoms with E-state index in [1.807, 2.05) is 0 Å². The Hall–Kier alpha value is -1.75. The molecule has 1 aromatic rings. The van der Waals surface area contributed by atoms with Crippen molar-refractivity contribution in [2.75, 3.05) is 20.6 Å². The average Bonchev–Trinajstić information content (AvgIpc) is 2.41. The lowest BCUT2D eigenvalue weighted by molar-refractivity contribution is 0.212. The molecule has 0 spiro atoms. The van der Waals surface area contributed by atoms with E-state index in [9.17, 15) is 9.90 Å². The van der Waals surface area contributed by atoms with Gasteiger partial charge >= 0.3 is 6.03 Å². The van der Waals surface area contributed by atoms with Crippen molar-refractivity contribution in [1.82, 2.24) is 15.8 Å². The van der Waals surface area contributed by atoms with Crippen LogP contribution in [0.25, 0.3) is 0 Å². The average molecular weight is 350 g/mol. The van der Waals surface area contributed by atoms with Gasteiger partial charge in [-0.05, 0) is 40.4 Å². The molecule has 0 heterocycles. The highest BCUT2D eigenvalue weighted by molar-refractivity contribution is 5.73. The molecule has 5 nitrogen and oxygen atoms in total. The van der Waals surface area contributed by atoms with E-state index in [4.69, 9.17) is 0 Å². The van der Waals surface area contributed by atoms with E-state index >= 15 is 0 Å². The number of nitrogens with zero attached hydrogens (tertiary/aromatic N) is 1. The Balaban J connectivity index is 2.88. The second-order valence-corrected chi connectivity index (χ2v) is 8.91. The maximum Gasteiger partial charge on any atom is 0.329 e. The standard InChI is InChI=1S/C20H35N3O2/c1-19(2,3)15-12-14(13-16(17(15)24)20(4,5)6)10-9-11-21-18(25)22-23(7)8/h12-13,24H,9-11H2,1-8H3,(H2,21,22,25). The third-order valence-electron chi connectivity index (χ3n) is 4.04. The minimum atomic E-state index is -0.193. The molecular formula is C20H35N3O2. The predicted octanol–water partition coefficient (Wildman–Crippen LogP) is 3.70. The fourth-order valence-corrected chi connectivity index (χ4v) is 2.72. The van der Waals surface area contributed by atoms with Crippen LogP contribution in [0.4, 0.5) is 4.79 Å². The van der Waals surface area contributed by atoms with Crippen molar-refractivity contribution in [3.05, 3.63) is 28.8 Å². The van der Waals surface area contributed by atoms with E-state index in [1.54, 1.807) is 19.1 Å². The van der Waals surface area contributed by atoms with Gasteiger partial charge < -0.3 is 10.4 Å². The van der Waals surface area contributed by atoms with Crippen molar-refractivity contribution in [3.8, 4) is 5.75 Å². The third-order valence-corrected chi connectivity index (χ3v) is 4.04. The van der Waals surface area contributed by atoms with Gasteiger partial charge in [-0.3, -0.25) is 5.43 Å². The Labute approximate surface area is 152 Å². The van der Waals surface area contributed by atoms with E-state index in [-0.39, 0.29) is 16.9 Å². The lowest BCUT2D eigenvalue weighted by atomic mass is 9.78. The zero-order valence-electron chi connectivity index (χ0n) is 17.1. The molecule has 0 saturated carbocycles.